The highest BCUT2D eigenvalue weighted by atomic mass is 79.9. The number of aryl methyl sites for hydroxylation is 7. The van der Waals surface area contributed by atoms with Crippen molar-refractivity contribution in [2.45, 2.75) is 60.8 Å². The lowest BCUT2D eigenvalue weighted by atomic mass is 9.99. The van der Waals surface area contributed by atoms with Crippen molar-refractivity contribution in [3.05, 3.63) is 230 Å². The Morgan fingerprint density at radius 3 is 1.23 bits per heavy atom. The van der Waals surface area contributed by atoms with E-state index in [0.29, 0.717) is 69.8 Å². The fraction of sp³-hybridized carbons (Fsp3) is 0.122. The fourth-order valence-electron chi connectivity index (χ4n) is 14.1. The predicted octanol–water partition coefficient (Wildman–Crippen LogP) is 29.7. The van der Waals surface area contributed by atoms with Gasteiger partial charge in [-0.25, -0.2) is 0 Å². The van der Waals surface area contributed by atoms with Crippen molar-refractivity contribution in [3.8, 4) is 40.2 Å². The summed E-state index contributed by atoms with van der Waals surface area (Å²) in [4.78, 5) is 18.8. The second kappa shape index (κ2) is 31.0. The molecular weight excluding hydrogens is 1960 g/mol. The second-order valence-corrected chi connectivity index (χ2v) is 33.7. The summed E-state index contributed by atoms with van der Waals surface area (Å²) in [5, 5.41) is 71.1. The van der Waals surface area contributed by atoms with Crippen molar-refractivity contribution in [1.82, 2.24) is 29.9 Å². The zero-order valence-electron chi connectivity index (χ0n) is 58.8. The molecule has 0 unspecified atom stereocenters. The second-order valence-electron chi connectivity index (χ2n) is 26.5. The van der Waals surface area contributed by atoms with Gasteiger partial charge in [-0.15, -0.1) is 0 Å². The summed E-state index contributed by atoms with van der Waals surface area (Å²) in [5.74, 6) is 0.704. The van der Waals surface area contributed by atoms with Gasteiger partial charge in [-0.05, 0) is 248 Å². The van der Waals surface area contributed by atoms with E-state index in [-0.39, 0.29) is 45.6 Å². The number of alkyl halides is 6. The quantitative estimate of drug-likeness (QED) is 0.0712. The molecule has 0 amide bonds. The molecule has 12 aromatic carbocycles. The van der Waals surface area contributed by atoms with Gasteiger partial charge in [0.2, 0.25) is 0 Å². The number of hydrogen-bond donors (Lipinski definition) is 12. The van der Waals surface area contributed by atoms with Crippen LogP contribution in [0.2, 0.25) is 15.1 Å². The predicted molar refractivity (Wildman–Crippen MR) is 463 cm³/mol. The minimum Gasteiger partial charge on any atom is -0.506 e. The molecule has 12 N–H and O–H groups in total. The van der Waals surface area contributed by atoms with Crippen LogP contribution >= 0.6 is 146 Å². The van der Waals surface area contributed by atoms with Crippen molar-refractivity contribution in [2.75, 3.05) is 7.11 Å². The van der Waals surface area contributed by atoms with Crippen LogP contribution in [0.1, 0.15) is 50.1 Å². The number of rotatable bonds is 1. The third-order valence-electron chi connectivity index (χ3n) is 19.1. The van der Waals surface area contributed by atoms with E-state index in [0.717, 1.165) is 148 Å². The molecule has 0 atom stereocenters. The first kappa shape index (κ1) is 80.9. The zero-order chi connectivity index (χ0) is 80.4. The zero-order valence-corrected chi connectivity index (χ0v) is 72.2. The van der Waals surface area contributed by atoms with Gasteiger partial charge in [0.15, 0.2) is 0 Å². The van der Waals surface area contributed by atoms with E-state index in [1.165, 1.54) is 25.5 Å². The highest BCUT2D eigenvalue weighted by Crippen LogP contribution is 2.49. The van der Waals surface area contributed by atoms with Gasteiger partial charge in [-0.3, -0.25) is 0 Å². The number of nitrogens with one attached hydrogen (secondary N) is 6. The molecular formula is C82H58Br7Cl3F6N6O7. The molecule has 18 rings (SSSR count). The minimum absolute atomic E-state index is 0.0710. The monoisotopic (exact) mass is 2010 g/mol. The number of benzene rings is 12. The lowest BCUT2D eigenvalue weighted by Crippen LogP contribution is -2.07. The number of ether oxygens (including phenoxy) is 1. The molecule has 0 fully saturated rings. The maximum atomic E-state index is 13.1. The molecule has 0 bridgehead atoms. The summed E-state index contributed by atoms with van der Waals surface area (Å²) in [5.41, 5.74) is 12.6. The normalized spacial score (nSPS) is 11.8. The number of aromatic hydroxyl groups is 6. The molecule has 6 heterocycles. The van der Waals surface area contributed by atoms with E-state index < -0.39 is 23.5 Å². The number of phenols is 6. The molecule has 570 valence electrons. The van der Waals surface area contributed by atoms with Gasteiger partial charge in [-0.2, -0.15) is 26.3 Å². The molecule has 0 aliphatic carbocycles. The standard InChI is InChI=1S/C16H14F3NO.C15H12F3NO.C15H15NO2.C12H5Br4NO.C12H6Br3NO.C12H6Cl3NO/c1-7-4-8(2)14-10(5-7)13-9(3)11(16(17,18)19)6-12(21)15(13)20-14;1-7-3-4-11-9(5-7)13-8(2)10(15(16,17)18)6-12(20)14(13)19-11;1-8-4-5-11-10(6-8)14-9(2)13(18-3)7-12(17)15(14)16-11;13-4-1-5-9-10(16)6(14)3-8(18)12(9)17-11(5)7(15)2-4;2*13-5-1-2-8-6(3-5)10-11(15)7(14)4-9(17)12(10)16-8/h4-6,20-21H,1-3H3;3-6,19-20H,1-2H3;4-7,16-17H,1-3H3;1-3,17-18H;2*1-4,16-17H. The summed E-state index contributed by atoms with van der Waals surface area (Å²) in [7, 11) is 1.62. The Morgan fingerprint density at radius 2 is 0.712 bits per heavy atom. The highest BCUT2D eigenvalue weighted by molar-refractivity contribution is 9.13. The summed E-state index contributed by atoms with van der Waals surface area (Å²) in [6.45, 7) is 12.6. The first-order valence-electron chi connectivity index (χ1n) is 33.2. The van der Waals surface area contributed by atoms with Crippen molar-refractivity contribution in [1.29, 1.82) is 0 Å². The van der Waals surface area contributed by atoms with Crippen LogP contribution in [0.15, 0.2) is 165 Å². The highest BCUT2D eigenvalue weighted by Gasteiger charge is 2.36. The third-order valence-corrected chi connectivity index (χ3v) is 25.6. The summed E-state index contributed by atoms with van der Waals surface area (Å²) < 4.78 is 90.1. The van der Waals surface area contributed by atoms with Gasteiger partial charge in [-0.1, -0.05) is 102 Å². The maximum Gasteiger partial charge on any atom is 0.416 e. The first-order valence-corrected chi connectivity index (χ1v) is 39.9. The third kappa shape index (κ3) is 15.3. The van der Waals surface area contributed by atoms with Gasteiger partial charge in [0.1, 0.15) is 40.2 Å². The minimum atomic E-state index is -4.49. The van der Waals surface area contributed by atoms with E-state index in [4.69, 9.17) is 39.5 Å². The number of fused-ring (bicyclic) bond motifs is 18. The number of phenolic OH excluding ortho intramolecular Hbond substituents is 6. The molecule has 0 radical (unpaired) electrons. The van der Waals surface area contributed by atoms with Gasteiger partial charge in [0, 0.05) is 146 Å². The Morgan fingerprint density at radius 1 is 0.333 bits per heavy atom. The average molecular weight is 2020 g/mol. The van der Waals surface area contributed by atoms with Crippen LogP contribution in [0.5, 0.6) is 40.2 Å². The topological polar surface area (TPSA) is 225 Å². The molecule has 0 saturated heterocycles. The number of halogens is 16. The van der Waals surface area contributed by atoms with Gasteiger partial charge in [0.25, 0.3) is 0 Å². The Hall–Kier alpha value is -8.15. The van der Waals surface area contributed by atoms with E-state index in [1.54, 1.807) is 43.5 Å². The lowest BCUT2D eigenvalue weighted by Gasteiger charge is -2.12. The van der Waals surface area contributed by atoms with Crippen LogP contribution in [0.4, 0.5) is 26.3 Å². The molecule has 0 saturated carbocycles. The Labute approximate surface area is 700 Å². The van der Waals surface area contributed by atoms with Crippen molar-refractivity contribution in [3.63, 3.8) is 0 Å². The van der Waals surface area contributed by atoms with E-state index in [9.17, 15) is 57.0 Å². The van der Waals surface area contributed by atoms with Crippen LogP contribution in [0, 0.1) is 48.5 Å². The molecule has 0 aliphatic heterocycles. The van der Waals surface area contributed by atoms with Gasteiger partial charge < -0.3 is 65.3 Å². The van der Waals surface area contributed by atoms with E-state index >= 15 is 0 Å². The summed E-state index contributed by atoms with van der Waals surface area (Å²) >= 11 is 42.5. The molecule has 13 nitrogen and oxygen atoms in total. The fourth-order valence-corrected chi connectivity index (χ4v) is 18.3. The molecule has 0 aliphatic rings. The molecule has 18 aromatic rings. The Bertz CT molecular complexity index is 6760. The van der Waals surface area contributed by atoms with Crippen LogP contribution in [-0.2, 0) is 12.4 Å². The molecule has 29 heteroatoms. The lowest BCUT2D eigenvalue weighted by molar-refractivity contribution is -0.138. The summed E-state index contributed by atoms with van der Waals surface area (Å²) in [6.07, 6.45) is -8.97. The SMILES string of the molecule is COc1cc(O)c2[nH]c3ccc(C)cc3c2c1C.Cc1cc(C)c2[nH]c3c(O)cc(C(F)(F)F)c(C)c3c2c1.Cc1ccc2[nH]c3c(O)cc(C(F)(F)F)c(C)c3c2c1.Oc1cc(Br)c(Br)c2c1[nH]c1c(Br)cc(Br)cc12.Oc1cc(Br)c(Br)c2c1[nH]c1ccc(Br)cc12.Oc1cc(Cl)c(Cl)c2c1[nH]c1ccc(Cl)cc12. The van der Waals surface area contributed by atoms with Crippen LogP contribution in [0.3, 0.4) is 0 Å². The van der Waals surface area contributed by atoms with Crippen LogP contribution < -0.4 is 4.74 Å². The Balaban J connectivity index is 0.000000117. The number of hydrogen-bond acceptors (Lipinski definition) is 7. The van der Waals surface area contributed by atoms with Crippen molar-refractivity contribution < 1.29 is 61.7 Å². The maximum absolute atomic E-state index is 13.1. The van der Waals surface area contributed by atoms with E-state index in [2.05, 4.69) is 160 Å². The average Bonchev–Trinajstić information content (AvgIpc) is 1.74. The van der Waals surface area contributed by atoms with Gasteiger partial charge >= 0.3 is 12.4 Å². The van der Waals surface area contributed by atoms with Crippen molar-refractivity contribution in [2.24, 2.45) is 0 Å². The van der Waals surface area contributed by atoms with Crippen LogP contribution in [-0.4, -0.2) is 67.7 Å². The molecule has 0 spiro atoms. The smallest absolute Gasteiger partial charge is 0.416 e. The number of aromatic amines is 6. The largest absolute Gasteiger partial charge is 0.506 e. The molecule has 111 heavy (non-hydrogen) atoms. The van der Waals surface area contributed by atoms with Crippen molar-refractivity contribution >= 4 is 277 Å². The Kier molecular flexibility index (Phi) is 22.6. The van der Waals surface area contributed by atoms with Crippen LogP contribution in [0.25, 0.3) is 131 Å². The first-order chi connectivity index (χ1) is 52.2. The van der Waals surface area contributed by atoms with Gasteiger partial charge in [0.05, 0.1) is 66.9 Å². The number of H-pyrrole nitrogens is 6. The summed E-state index contributed by atoms with van der Waals surface area (Å²) in [6, 6.07) is 38.9. The number of aromatic nitrogens is 6. The van der Waals surface area contributed by atoms with E-state index in [1.807, 2.05) is 94.4 Å². The molecule has 6 aromatic heterocycles. The number of methoxy groups -OCH3 is 1.